The quantitative estimate of drug-likeness (QED) is 0.419. The number of aliphatic hydroxyl groups is 1. The number of anilines is 1. The van der Waals surface area contributed by atoms with Gasteiger partial charge in [-0.25, -0.2) is 13.8 Å². The van der Waals surface area contributed by atoms with E-state index < -0.39 is 29.6 Å². The summed E-state index contributed by atoms with van der Waals surface area (Å²) >= 11 is 0. The van der Waals surface area contributed by atoms with Crippen LogP contribution in [0, 0.1) is 6.92 Å². The Morgan fingerprint density at radius 3 is 2.57 bits per heavy atom. The summed E-state index contributed by atoms with van der Waals surface area (Å²) in [5.41, 5.74) is -0.983. The van der Waals surface area contributed by atoms with Gasteiger partial charge < -0.3 is 19.9 Å². The largest absolute Gasteiger partial charge is 0.475 e. The number of aliphatic hydroxyl groups excluding tert-OH is 1. The van der Waals surface area contributed by atoms with Crippen LogP contribution in [-0.2, 0) is 16.3 Å². The average Bonchev–Trinajstić information content (AvgIpc) is 2.82. The van der Waals surface area contributed by atoms with Crippen LogP contribution in [-0.4, -0.2) is 53.8 Å². The van der Waals surface area contributed by atoms with Crippen molar-refractivity contribution in [2.24, 2.45) is 0 Å². The highest BCUT2D eigenvalue weighted by Gasteiger charge is 2.50. The molecule has 1 aromatic carbocycles. The van der Waals surface area contributed by atoms with Crippen LogP contribution in [0.15, 0.2) is 48.7 Å². The standard InChI is InChI=1S/C25H22F5N3O4/c1-14-2-3-17(32-22(35)15-4-5-31-20(8-15)25(28,29)30)11-18(14)16-9-19(24(23(26)27)12-36-13-24)33-21(10-16)37-7-6-34/h2-5,8-11,23,34H,6-7,12-13H2,1H3,(H,32,35). The van der Waals surface area contributed by atoms with E-state index in [1.54, 1.807) is 25.1 Å². The van der Waals surface area contributed by atoms with Crippen LogP contribution >= 0.6 is 0 Å². The third-order valence-corrected chi connectivity index (χ3v) is 5.91. The van der Waals surface area contributed by atoms with E-state index in [0.29, 0.717) is 17.2 Å². The fraction of sp³-hybridized carbons (Fsp3) is 0.320. The van der Waals surface area contributed by atoms with Gasteiger partial charge in [0.2, 0.25) is 5.88 Å². The minimum atomic E-state index is -4.71. The number of amides is 1. The Hall–Kier alpha value is -3.64. The molecule has 12 heteroatoms. The Labute approximate surface area is 208 Å². The second-order valence-corrected chi connectivity index (χ2v) is 8.51. The minimum Gasteiger partial charge on any atom is -0.475 e. The van der Waals surface area contributed by atoms with E-state index in [9.17, 15) is 26.7 Å². The number of pyridine rings is 2. The first kappa shape index (κ1) is 26.4. The number of hydrogen-bond acceptors (Lipinski definition) is 6. The number of hydrogen-bond donors (Lipinski definition) is 2. The van der Waals surface area contributed by atoms with Crippen LogP contribution in [0.25, 0.3) is 11.1 Å². The molecule has 1 saturated heterocycles. The Balaban J connectivity index is 1.69. The summed E-state index contributed by atoms with van der Waals surface area (Å²) in [5, 5.41) is 11.7. The van der Waals surface area contributed by atoms with Crippen molar-refractivity contribution in [1.29, 1.82) is 0 Å². The number of nitrogens with one attached hydrogen (secondary N) is 1. The predicted octanol–water partition coefficient (Wildman–Crippen LogP) is 4.63. The maximum Gasteiger partial charge on any atom is 0.433 e. The van der Waals surface area contributed by atoms with Gasteiger partial charge in [0.05, 0.1) is 25.5 Å². The summed E-state index contributed by atoms with van der Waals surface area (Å²) in [5.74, 6) is -0.757. The maximum absolute atomic E-state index is 14.0. The van der Waals surface area contributed by atoms with Crippen LogP contribution in [0.4, 0.5) is 27.6 Å². The molecule has 0 spiro atoms. The zero-order valence-corrected chi connectivity index (χ0v) is 19.5. The van der Waals surface area contributed by atoms with Gasteiger partial charge in [-0.2, -0.15) is 13.2 Å². The predicted molar refractivity (Wildman–Crippen MR) is 123 cm³/mol. The smallest absolute Gasteiger partial charge is 0.433 e. The second kappa shape index (κ2) is 10.4. The maximum atomic E-state index is 14.0. The lowest BCUT2D eigenvalue weighted by Gasteiger charge is -2.40. The van der Waals surface area contributed by atoms with Crippen LogP contribution in [0.2, 0.25) is 0 Å². The van der Waals surface area contributed by atoms with Gasteiger partial charge in [-0.15, -0.1) is 0 Å². The molecule has 2 N–H and O–H groups in total. The van der Waals surface area contributed by atoms with E-state index in [1.165, 1.54) is 12.1 Å². The van der Waals surface area contributed by atoms with Crippen molar-refractivity contribution in [3.05, 3.63) is 71.2 Å². The third kappa shape index (κ3) is 5.54. The summed E-state index contributed by atoms with van der Waals surface area (Å²) in [7, 11) is 0. The van der Waals surface area contributed by atoms with Crippen molar-refractivity contribution in [3.63, 3.8) is 0 Å². The SMILES string of the molecule is Cc1ccc(NC(=O)c2ccnc(C(F)(F)F)c2)cc1-c1cc(OCCO)nc(C2(C(F)F)COC2)c1. The molecule has 0 bridgehead atoms. The molecule has 7 nitrogen and oxygen atoms in total. The van der Waals surface area contributed by atoms with E-state index in [0.717, 1.165) is 17.8 Å². The molecule has 0 radical (unpaired) electrons. The molecule has 0 atom stereocenters. The molecular formula is C25H22F5N3O4. The van der Waals surface area contributed by atoms with Crippen LogP contribution < -0.4 is 10.1 Å². The normalized spacial score (nSPS) is 14.8. The summed E-state index contributed by atoms with van der Waals surface area (Å²) in [6.07, 6.45) is -6.56. The van der Waals surface area contributed by atoms with Crippen molar-refractivity contribution >= 4 is 11.6 Å². The first-order valence-corrected chi connectivity index (χ1v) is 11.1. The molecular weight excluding hydrogens is 501 g/mol. The molecule has 0 aliphatic carbocycles. The Bertz CT molecular complexity index is 1300. The van der Waals surface area contributed by atoms with Crippen LogP contribution in [0.1, 0.15) is 27.3 Å². The van der Waals surface area contributed by atoms with E-state index in [2.05, 4.69) is 15.3 Å². The average molecular weight is 523 g/mol. The lowest BCUT2D eigenvalue weighted by Crippen LogP contribution is -2.53. The lowest BCUT2D eigenvalue weighted by molar-refractivity contribution is -0.141. The van der Waals surface area contributed by atoms with Gasteiger partial charge >= 0.3 is 6.18 Å². The highest BCUT2D eigenvalue weighted by molar-refractivity contribution is 6.04. The number of aryl methyl sites for hydroxylation is 1. The van der Waals surface area contributed by atoms with Gasteiger partial charge in [-0.1, -0.05) is 6.07 Å². The number of halogens is 5. The van der Waals surface area contributed by atoms with Gasteiger partial charge in [0, 0.05) is 23.5 Å². The molecule has 1 fully saturated rings. The molecule has 196 valence electrons. The molecule has 2 aromatic heterocycles. The summed E-state index contributed by atoms with van der Waals surface area (Å²) in [6, 6.07) is 9.62. The Morgan fingerprint density at radius 2 is 1.95 bits per heavy atom. The number of aromatic nitrogens is 2. The van der Waals surface area contributed by atoms with Crippen LogP contribution in [0.5, 0.6) is 5.88 Å². The number of benzene rings is 1. The van der Waals surface area contributed by atoms with Gasteiger partial charge in [-0.3, -0.25) is 9.78 Å². The van der Waals surface area contributed by atoms with E-state index >= 15 is 0 Å². The van der Waals surface area contributed by atoms with E-state index in [1.807, 2.05) is 0 Å². The van der Waals surface area contributed by atoms with Crippen molar-refractivity contribution in [2.75, 3.05) is 31.7 Å². The number of carbonyl (C=O) groups excluding carboxylic acids is 1. The van der Waals surface area contributed by atoms with Crippen LogP contribution in [0.3, 0.4) is 0 Å². The summed E-state index contributed by atoms with van der Waals surface area (Å²) in [4.78, 5) is 20.1. The molecule has 4 rings (SSSR count). The van der Waals surface area contributed by atoms with Crippen molar-refractivity contribution in [3.8, 4) is 17.0 Å². The van der Waals surface area contributed by atoms with Gasteiger partial charge in [0.25, 0.3) is 12.3 Å². The first-order valence-electron chi connectivity index (χ1n) is 11.1. The fourth-order valence-corrected chi connectivity index (χ4v) is 3.79. The number of alkyl halides is 5. The number of nitrogens with zero attached hydrogens (tertiary/aromatic N) is 2. The minimum absolute atomic E-state index is 0.0266. The second-order valence-electron chi connectivity index (χ2n) is 8.51. The fourth-order valence-electron chi connectivity index (χ4n) is 3.79. The Morgan fingerprint density at radius 1 is 1.19 bits per heavy atom. The molecule has 37 heavy (non-hydrogen) atoms. The highest BCUT2D eigenvalue weighted by atomic mass is 19.4. The van der Waals surface area contributed by atoms with Crippen molar-refractivity contribution in [1.82, 2.24) is 9.97 Å². The molecule has 3 aromatic rings. The number of rotatable bonds is 8. The summed E-state index contributed by atoms with van der Waals surface area (Å²) in [6.45, 7) is 0.914. The van der Waals surface area contributed by atoms with Gasteiger partial charge in [0.1, 0.15) is 17.7 Å². The molecule has 1 aliphatic heterocycles. The zero-order valence-electron chi connectivity index (χ0n) is 19.5. The van der Waals surface area contributed by atoms with Gasteiger partial charge in [-0.05, 0) is 53.9 Å². The number of carbonyl (C=O) groups is 1. The third-order valence-electron chi connectivity index (χ3n) is 5.91. The molecule has 3 heterocycles. The highest BCUT2D eigenvalue weighted by Crippen LogP contribution is 2.40. The molecule has 0 saturated carbocycles. The molecule has 1 amide bonds. The van der Waals surface area contributed by atoms with Crippen molar-refractivity contribution < 1.29 is 41.3 Å². The lowest BCUT2D eigenvalue weighted by atomic mass is 9.81. The Kier molecular flexibility index (Phi) is 7.42. The zero-order chi connectivity index (χ0) is 26.8. The van der Waals surface area contributed by atoms with E-state index in [-0.39, 0.29) is 49.3 Å². The topological polar surface area (TPSA) is 93.6 Å². The summed E-state index contributed by atoms with van der Waals surface area (Å²) < 4.78 is 77.3. The van der Waals surface area contributed by atoms with Gasteiger partial charge in [0.15, 0.2) is 0 Å². The molecule has 0 unspecified atom stereocenters. The van der Waals surface area contributed by atoms with E-state index in [4.69, 9.17) is 14.6 Å². The van der Waals surface area contributed by atoms with Crippen molar-refractivity contribution in [2.45, 2.75) is 24.9 Å². The first-order chi connectivity index (χ1) is 17.5. The molecule has 1 aliphatic rings. The number of ether oxygens (including phenoxy) is 2. The monoisotopic (exact) mass is 523 g/mol.